The van der Waals surface area contributed by atoms with Gasteiger partial charge in [-0.3, -0.25) is 4.79 Å². The number of aryl methyl sites for hydroxylation is 1. The first-order valence-electron chi connectivity index (χ1n) is 13.6. The summed E-state index contributed by atoms with van der Waals surface area (Å²) in [5.41, 5.74) is 11.3. The fraction of sp³-hybridized carbons (Fsp3) is 0.267. The molecule has 0 radical (unpaired) electrons. The van der Waals surface area contributed by atoms with Crippen molar-refractivity contribution in [2.45, 2.75) is 45.4 Å². The topological polar surface area (TPSA) is 121 Å². The molecule has 6 aromatic rings. The van der Waals surface area contributed by atoms with E-state index in [-0.39, 0.29) is 12.4 Å². The number of hydrogen-bond donors (Lipinski definition) is 2. The predicted molar refractivity (Wildman–Crippen MR) is 168 cm³/mol. The van der Waals surface area contributed by atoms with Crippen LogP contribution in [0.2, 0.25) is 25.7 Å². The normalized spacial score (nSPS) is 12.2. The lowest BCUT2D eigenvalue weighted by atomic mass is 10.0. The first-order chi connectivity index (χ1) is 19.7. The number of aromatic nitrogens is 5. The van der Waals surface area contributed by atoms with Gasteiger partial charge >= 0.3 is 5.97 Å². The number of ether oxygens (including phenoxy) is 1. The van der Waals surface area contributed by atoms with Crippen LogP contribution in [0.25, 0.3) is 53.6 Å². The van der Waals surface area contributed by atoms with Crippen molar-refractivity contribution in [3.05, 3.63) is 61.1 Å². The molecule has 0 saturated carbocycles. The van der Waals surface area contributed by atoms with Crippen LogP contribution in [0.4, 0.5) is 5.95 Å². The van der Waals surface area contributed by atoms with Crippen molar-refractivity contribution in [2.75, 3.05) is 12.3 Å². The third kappa shape index (κ3) is 5.60. The largest absolute Gasteiger partial charge is 0.481 e. The van der Waals surface area contributed by atoms with Crippen LogP contribution in [0.1, 0.15) is 6.42 Å². The first-order valence-corrected chi connectivity index (χ1v) is 18.1. The van der Waals surface area contributed by atoms with Gasteiger partial charge < -0.3 is 20.1 Å². The number of hydrogen-bond acceptors (Lipinski definition) is 7. The number of carbonyl (C=O) groups is 1. The Morgan fingerprint density at radius 3 is 2.71 bits per heavy atom. The molecule has 0 unspecified atom stereocenters. The Kier molecular flexibility index (Phi) is 7.10. The van der Waals surface area contributed by atoms with E-state index in [1.54, 1.807) is 17.5 Å². The lowest BCUT2D eigenvalue weighted by Crippen LogP contribution is -2.22. The Balaban J connectivity index is 1.50. The van der Waals surface area contributed by atoms with E-state index in [0.29, 0.717) is 25.4 Å². The van der Waals surface area contributed by atoms with Crippen LogP contribution in [0.3, 0.4) is 0 Å². The number of fused-ring (bicyclic) bond motifs is 3. The van der Waals surface area contributed by atoms with Crippen LogP contribution in [0, 0.1) is 0 Å². The lowest BCUT2D eigenvalue weighted by molar-refractivity contribution is -0.137. The van der Waals surface area contributed by atoms with E-state index in [2.05, 4.69) is 72.1 Å². The fourth-order valence-corrected chi connectivity index (χ4v) is 6.85. The summed E-state index contributed by atoms with van der Waals surface area (Å²) in [6.45, 7) is 8.43. The van der Waals surface area contributed by atoms with Gasteiger partial charge in [0.1, 0.15) is 12.2 Å². The number of benzene rings is 2. The summed E-state index contributed by atoms with van der Waals surface area (Å²) in [7, 11) is -1.20. The second-order valence-corrected chi connectivity index (χ2v) is 18.1. The smallest absolute Gasteiger partial charge is 0.305 e. The lowest BCUT2D eigenvalue weighted by Gasteiger charge is -2.16. The Labute approximate surface area is 242 Å². The first kappa shape index (κ1) is 27.1. The van der Waals surface area contributed by atoms with Gasteiger partial charge in [0.25, 0.3) is 0 Å². The quantitative estimate of drug-likeness (QED) is 0.136. The van der Waals surface area contributed by atoms with E-state index in [9.17, 15) is 9.90 Å². The van der Waals surface area contributed by atoms with Crippen molar-refractivity contribution in [1.82, 2.24) is 24.3 Å². The second-order valence-electron chi connectivity index (χ2n) is 11.4. The number of carboxylic acid groups (broad SMARTS) is 1. The third-order valence-corrected chi connectivity index (χ3v) is 10.0. The molecule has 0 spiro atoms. The maximum atomic E-state index is 11.3. The predicted octanol–water partition coefficient (Wildman–Crippen LogP) is 6.70. The Morgan fingerprint density at radius 1 is 1.10 bits per heavy atom. The van der Waals surface area contributed by atoms with E-state index >= 15 is 0 Å². The minimum Gasteiger partial charge on any atom is -0.481 e. The molecule has 0 amide bonds. The monoisotopic (exact) mass is 584 g/mol. The Morgan fingerprint density at radius 2 is 1.93 bits per heavy atom. The van der Waals surface area contributed by atoms with E-state index < -0.39 is 14.0 Å². The van der Waals surface area contributed by atoms with Crippen LogP contribution in [0.5, 0.6) is 0 Å². The molecule has 3 N–H and O–H groups in total. The number of nitrogens with zero attached hydrogens (tertiary/aromatic N) is 5. The van der Waals surface area contributed by atoms with E-state index in [0.717, 1.165) is 44.0 Å². The molecule has 4 heterocycles. The highest BCUT2D eigenvalue weighted by atomic mass is 32.1. The van der Waals surface area contributed by atoms with Gasteiger partial charge in [0.05, 0.1) is 29.8 Å². The summed E-state index contributed by atoms with van der Waals surface area (Å²) in [6, 6.07) is 16.0. The molecule has 6 rings (SSSR count). The summed E-state index contributed by atoms with van der Waals surface area (Å²) in [5, 5.41) is 16.2. The Bertz CT molecular complexity index is 1870. The summed E-state index contributed by atoms with van der Waals surface area (Å²) in [6.07, 6.45) is 5.47. The molecule has 2 aromatic carbocycles. The van der Waals surface area contributed by atoms with Gasteiger partial charge in [0, 0.05) is 53.5 Å². The average molecular weight is 585 g/mol. The molecule has 4 aromatic heterocycles. The zero-order valence-corrected chi connectivity index (χ0v) is 25.1. The minimum absolute atomic E-state index is 0.00978. The number of rotatable bonds is 10. The standard InChI is InChI=1S/C30H32N6O3SSi/c1-41(2,3)11-10-39-18-36-29-21(15-33-36)12-20(13-22(29)26-14-19-6-4-5-7-25(19)40-26)23-17-35(9-8-27(37)38)24-16-32-30(31)34-28(23)24/h4-7,12-17H,8-11,18H2,1-3H3,(H,37,38)(H2,31,32,34). The number of aliphatic carboxylic acids is 1. The molecule has 210 valence electrons. The summed E-state index contributed by atoms with van der Waals surface area (Å²) in [4.78, 5) is 21.2. The molecule has 0 aliphatic carbocycles. The fourth-order valence-electron chi connectivity index (χ4n) is 5.01. The molecule has 0 fully saturated rings. The highest BCUT2D eigenvalue weighted by Gasteiger charge is 2.20. The molecule has 0 aliphatic heterocycles. The third-order valence-electron chi connectivity index (χ3n) is 7.15. The van der Waals surface area contributed by atoms with Crippen molar-refractivity contribution in [2.24, 2.45) is 0 Å². The van der Waals surface area contributed by atoms with Crippen LogP contribution < -0.4 is 5.73 Å². The van der Waals surface area contributed by atoms with Gasteiger partial charge in [-0.1, -0.05) is 37.8 Å². The zero-order valence-electron chi connectivity index (χ0n) is 23.3. The van der Waals surface area contributed by atoms with Gasteiger partial charge in [-0.05, 0) is 41.3 Å². The van der Waals surface area contributed by atoms with Gasteiger partial charge in [0.2, 0.25) is 5.95 Å². The van der Waals surface area contributed by atoms with Crippen molar-refractivity contribution in [3.8, 4) is 21.6 Å². The van der Waals surface area contributed by atoms with Crippen molar-refractivity contribution in [1.29, 1.82) is 0 Å². The summed E-state index contributed by atoms with van der Waals surface area (Å²) in [5.74, 6) is -0.693. The van der Waals surface area contributed by atoms with Crippen molar-refractivity contribution >= 4 is 63.4 Å². The van der Waals surface area contributed by atoms with Crippen molar-refractivity contribution in [3.63, 3.8) is 0 Å². The summed E-state index contributed by atoms with van der Waals surface area (Å²) < 4.78 is 11.1. The SMILES string of the molecule is C[Si](C)(C)CCOCn1ncc2cc(-c3cn(CCC(=O)O)c4cnc(N)nc34)cc(-c3cc4ccccc4s3)c21. The highest BCUT2D eigenvalue weighted by molar-refractivity contribution is 7.22. The maximum Gasteiger partial charge on any atom is 0.305 e. The van der Waals surface area contributed by atoms with Gasteiger partial charge in [-0.25, -0.2) is 14.6 Å². The summed E-state index contributed by atoms with van der Waals surface area (Å²) >= 11 is 1.74. The molecule has 0 atom stereocenters. The molecule has 41 heavy (non-hydrogen) atoms. The number of thiophene rings is 1. The zero-order chi connectivity index (χ0) is 28.7. The van der Waals surface area contributed by atoms with E-state index in [1.807, 2.05) is 21.6 Å². The van der Waals surface area contributed by atoms with E-state index in [4.69, 9.17) is 15.6 Å². The molecular weight excluding hydrogens is 553 g/mol. The van der Waals surface area contributed by atoms with Crippen LogP contribution >= 0.6 is 11.3 Å². The molecule has 11 heteroatoms. The average Bonchev–Trinajstić information content (AvgIpc) is 3.63. The molecular formula is C30H32N6O3SSi. The second kappa shape index (κ2) is 10.7. The highest BCUT2D eigenvalue weighted by Crippen LogP contribution is 2.41. The molecule has 0 bridgehead atoms. The number of carboxylic acids is 1. The van der Waals surface area contributed by atoms with Crippen LogP contribution in [0.15, 0.2) is 61.1 Å². The number of nitrogen functional groups attached to an aromatic ring is 1. The van der Waals surface area contributed by atoms with Gasteiger partial charge in [-0.2, -0.15) is 5.10 Å². The molecule has 0 saturated heterocycles. The van der Waals surface area contributed by atoms with Crippen LogP contribution in [-0.2, 0) is 22.8 Å². The van der Waals surface area contributed by atoms with Gasteiger partial charge in [-0.15, -0.1) is 11.3 Å². The number of nitrogens with two attached hydrogens (primary N) is 1. The van der Waals surface area contributed by atoms with Crippen molar-refractivity contribution < 1.29 is 14.6 Å². The maximum absolute atomic E-state index is 11.3. The number of anilines is 1. The van der Waals surface area contributed by atoms with Gasteiger partial charge in [0.15, 0.2) is 0 Å². The molecule has 0 aliphatic rings. The van der Waals surface area contributed by atoms with Crippen LogP contribution in [-0.4, -0.2) is 50.1 Å². The molecule has 9 nitrogen and oxygen atoms in total. The minimum atomic E-state index is -1.20. The van der Waals surface area contributed by atoms with E-state index in [1.165, 1.54) is 10.1 Å². The Hall–Kier alpha value is -4.06.